The van der Waals surface area contributed by atoms with Gasteiger partial charge in [0.25, 0.3) is 0 Å². The Balaban J connectivity index is 1.18. The lowest BCUT2D eigenvalue weighted by atomic mass is 10.0. The van der Waals surface area contributed by atoms with Gasteiger partial charge in [0.15, 0.2) is 12.0 Å². The molecule has 2 aromatic heterocycles. The molecule has 4 nitrogen and oxygen atoms in total. The third-order valence-corrected chi connectivity index (χ3v) is 11.2. The van der Waals surface area contributed by atoms with Crippen molar-refractivity contribution in [3.05, 3.63) is 187 Å². The zero-order valence-corrected chi connectivity index (χ0v) is 28.8. The summed E-state index contributed by atoms with van der Waals surface area (Å²) in [7, 11) is 2.10. The highest BCUT2D eigenvalue weighted by atomic mass is 32.1. The van der Waals surface area contributed by atoms with Crippen molar-refractivity contribution in [1.29, 1.82) is 0 Å². The zero-order chi connectivity index (χ0) is 33.9. The molecule has 5 heteroatoms. The molecule has 0 fully saturated rings. The average molecular weight is 673 g/mol. The Morgan fingerprint density at radius 2 is 1.18 bits per heavy atom. The van der Waals surface area contributed by atoms with Crippen molar-refractivity contribution in [1.82, 2.24) is 9.47 Å². The van der Waals surface area contributed by atoms with Crippen LogP contribution in [0, 0.1) is 0 Å². The van der Waals surface area contributed by atoms with Crippen LogP contribution in [0.15, 0.2) is 180 Å². The normalized spacial score (nSPS) is 14.8. The van der Waals surface area contributed by atoms with Gasteiger partial charge in [0.2, 0.25) is 0 Å². The van der Waals surface area contributed by atoms with E-state index in [0.717, 1.165) is 34.0 Å². The number of rotatable bonds is 5. The van der Waals surface area contributed by atoms with Gasteiger partial charge in [0, 0.05) is 54.8 Å². The van der Waals surface area contributed by atoms with Gasteiger partial charge < -0.3 is 9.47 Å². The summed E-state index contributed by atoms with van der Waals surface area (Å²) in [5.41, 5.74) is 9.08. The standard InChI is InChI=1S/C46H32N4S/c1-49-45(32-18-9-4-10-19-32)47-44(31-16-7-3-8-17-31)48-46(49)34-20-13-21-35(26-34)50-40-25-24-33(30-14-5-2-6-15-30)27-37(40)38-29-43-39(28-41(38)50)36-22-11-12-23-42(36)51-43/h2-29,46H,1H3. The van der Waals surface area contributed by atoms with Gasteiger partial charge in [-0.05, 0) is 59.2 Å². The van der Waals surface area contributed by atoms with E-state index in [1.54, 1.807) is 0 Å². The highest BCUT2D eigenvalue weighted by Gasteiger charge is 2.27. The van der Waals surface area contributed by atoms with Crippen LogP contribution in [-0.4, -0.2) is 28.2 Å². The van der Waals surface area contributed by atoms with Crippen molar-refractivity contribution in [3.63, 3.8) is 0 Å². The average Bonchev–Trinajstić information content (AvgIpc) is 3.72. The number of nitrogens with zero attached hydrogens (tertiary/aromatic N) is 4. The summed E-state index contributed by atoms with van der Waals surface area (Å²) in [6.45, 7) is 0. The fraction of sp³-hybridized carbons (Fsp3) is 0.0435. The van der Waals surface area contributed by atoms with Gasteiger partial charge in [0.05, 0.1) is 11.0 Å². The van der Waals surface area contributed by atoms with Gasteiger partial charge in [-0.2, -0.15) is 0 Å². The van der Waals surface area contributed by atoms with E-state index in [1.807, 2.05) is 35.6 Å². The molecule has 0 N–H and O–H groups in total. The minimum Gasteiger partial charge on any atom is -0.333 e. The molecule has 0 saturated carbocycles. The van der Waals surface area contributed by atoms with E-state index < -0.39 is 0 Å². The van der Waals surface area contributed by atoms with Gasteiger partial charge in [-0.15, -0.1) is 11.3 Å². The second-order valence-electron chi connectivity index (χ2n) is 13.1. The quantitative estimate of drug-likeness (QED) is 0.179. The van der Waals surface area contributed by atoms with E-state index in [4.69, 9.17) is 9.98 Å². The molecule has 7 aromatic carbocycles. The third-order valence-electron chi connectivity index (χ3n) is 10.0. The van der Waals surface area contributed by atoms with Gasteiger partial charge in [0.1, 0.15) is 5.84 Å². The van der Waals surface area contributed by atoms with E-state index in [0.29, 0.717) is 0 Å². The fourth-order valence-corrected chi connectivity index (χ4v) is 8.68. The van der Waals surface area contributed by atoms with E-state index in [1.165, 1.54) is 53.1 Å². The van der Waals surface area contributed by atoms with Crippen LogP contribution in [0.2, 0.25) is 0 Å². The van der Waals surface area contributed by atoms with Crippen LogP contribution < -0.4 is 0 Å². The minimum absolute atomic E-state index is 0.266. The Kier molecular flexibility index (Phi) is 6.93. The zero-order valence-electron chi connectivity index (χ0n) is 27.9. The first kappa shape index (κ1) is 29.6. The van der Waals surface area contributed by atoms with Crippen LogP contribution in [0.5, 0.6) is 0 Å². The Bertz CT molecular complexity index is 2810. The van der Waals surface area contributed by atoms with Gasteiger partial charge in [-0.1, -0.05) is 127 Å². The lowest BCUT2D eigenvalue weighted by molar-refractivity contribution is 0.383. The molecule has 0 amide bonds. The molecule has 0 radical (unpaired) electrons. The number of aliphatic imine (C=N–C) groups is 2. The van der Waals surface area contributed by atoms with Crippen LogP contribution in [-0.2, 0) is 0 Å². The molecule has 0 saturated heterocycles. The van der Waals surface area contributed by atoms with Crippen molar-refractivity contribution in [2.24, 2.45) is 9.98 Å². The molecule has 0 aliphatic carbocycles. The third kappa shape index (κ3) is 4.97. The molecule has 1 atom stereocenters. The number of hydrogen-bond donors (Lipinski definition) is 0. The van der Waals surface area contributed by atoms with Gasteiger partial charge in [-0.25, -0.2) is 9.98 Å². The Morgan fingerprint density at radius 1 is 0.490 bits per heavy atom. The molecule has 0 spiro atoms. The van der Waals surface area contributed by atoms with Crippen molar-refractivity contribution < 1.29 is 0 Å². The minimum atomic E-state index is -0.266. The maximum absolute atomic E-state index is 5.29. The summed E-state index contributed by atoms with van der Waals surface area (Å²) >= 11 is 1.87. The van der Waals surface area contributed by atoms with E-state index in [-0.39, 0.29) is 6.17 Å². The van der Waals surface area contributed by atoms with Crippen molar-refractivity contribution in [3.8, 4) is 16.8 Å². The van der Waals surface area contributed by atoms with Crippen LogP contribution in [0.3, 0.4) is 0 Å². The molecule has 1 aliphatic rings. The van der Waals surface area contributed by atoms with Gasteiger partial charge in [-0.3, -0.25) is 0 Å². The summed E-state index contributed by atoms with van der Waals surface area (Å²) in [5, 5.41) is 5.09. The number of fused-ring (bicyclic) bond motifs is 6. The van der Waals surface area contributed by atoms with Gasteiger partial charge >= 0.3 is 0 Å². The first-order valence-corrected chi connectivity index (χ1v) is 18.1. The number of aromatic nitrogens is 1. The number of thiophene rings is 1. The summed E-state index contributed by atoms with van der Waals surface area (Å²) in [5.74, 6) is 1.64. The van der Waals surface area contributed by atoms with E-state index >= 15 is 0 Å². The smallest absolute Gasteiger partial charge is 0.159 e. The lowest BCUT2D eigenvalue weighted by Crippen LogP contribution is -2.35. The van der Waals surface area contributed by atoms with Crippen LogP contribution in [0.4, 0.5) is 0 Å². The molecule has 9 aromatic rings. The molecule has 1 aliphatic heterocycles. The highest BCUT2D eigenvalue weighted by molar-refractivity contribution is 7.25. The molecule has 3 heterocycles. The first-order valence-electron chi connectivity index (χ1n) is 17.2. The second kappa shape index (κ2) is 11.9. The first-order chi connectivity index (χ1) is 25.2. The Labute approximate surface area is 299 Å². The predicted octanol–water partition coefficient (Wildman–Crippen LogP) is 11.7. The molecular weight excluding hydrogens is 641 g/mol. The molecule has 1 unspecified atom stereocenters. The topological polar surface area (TPSA) is 32.9 Å². The largest absolute Gasteiger partial charge is 0.333 e. The molecule has 10 rings (SSSR count). The Hall–Kier alpha value is -6.30. The van der Waals surface area contributed by atoms with E-state index in [9.17, 15) is 0 Å². The molecular formula is C46H32N4S. The molecule has 0 bridgehead atoms. The van der Waals surface area contributed by atoms with Crippen LogP contribution >= 0.6 is 11.3 Å². The SMILES string of the molecule is CN1C(c2ccccc2)=NC(c2ccccc2)=NC1c1cccc(-n2c3ccc(-c4ccccc4)cc3c3cc4sc5ccccc5c4cc32)c1. The van der Waals surface area contributed by atoms with E-state index in [2.05, 4.69) is 162 Å². The lowest BCUT2D eigenvalue weighted by Gasteiger charge is -2.32. The van der Waals surface area contributed by atoms with Crippen molar-refractivity contribution >= 4 is 65.0 Å². The maximum atomic E-state index is 5.29. The van der Waals surface area contributed by atoms with Crippen molar-refractivity contribution in [2.45, 2.75) is 6.17 Å². The molecule has 51 heavy (non-hydrogen) atoms. The summed E-state index contributed by atoms with van der Waals surface area (Å²) in [6, 6.07) is 60.7. The monoisotopic (exact) mass is 672 g/mol. The molecule has 242 valence electrons. The second-order valence-corrected chi connectivity index (χ2v) is 14.2. The maximum Gasteiger partial charge on any atom is 0.159 e. The van der Waals surface area contributed by atoms with Crippen molar-refractivity contribution in [2.75, 3.05) is 7.05 Å². The highest BCUT2D eigenvalue weighted by Crippen LogP contribution is 2.42. The number of amidine groups is 2. The number of benzene rings is 7. The Morgan fingerprint density at radius 3 is 1.96 bits per heavy atom. The summed E-state index contributed by atoms with van der Waals surface area (Å²) in [4.78, 5) is 12.6. The number of hydrogen-bond acceptors (Lipinski definition) is 4. The van der Waals surface area contributed by atoms with Crippen LogP contribution in [0.25, 0.3) is 58.8 Å². The fourth-order valence-electron chi connectivity index (χ4n) is 7.56. The van der Waals surface area contributed by atoms with Crippen LogP contribution in [0.1, 0.15) is 22.9 Å². The predicted molar refractivity (Wildman–Crippen MR) is 216 cm³/mol. The summed E-state index contributed by atoms with van der Waals surface area (Å²) < 4.78 is 5.05. The summed E-state index contributed by atoms with van der Waals surface area (Å²) in [6.07, 6.45) is -0.266.